The van der Waals surface area contributed by atoms with Crippen LogP contribution in [0.5, 0.6) is 0 Å². The van der Waals surface area contributed by atoms with E-state index in [9.17, 15) is 13.2 Å². The van der Waals surface area contributed by atoms with Crippen molar-refractivity contribution in [2.45, 2.75) is 64.4 Å². The third-order valence-corrected chi connectivity index (χ3v) is 9.62. The number of anilines is 1. The average Bonchev–Trinajstić information content (AvgIpc) is 3.73. The third-order valence-electron chi connectivity index (χ3n) is 7.92. The minimum Gasteiger partial charge on any atom is -0.359 e. The molecule has 45 heavy (non-hydrogen) atoms. The number of hydrogen-bond acceptors (Lipinski definition) is 6. The minimum atomic E-state index is -1.30. The number of rotatable bonds is 12. The quantitative estimate of drug-likeness (QED) is 0.106. The lowest BCUT2D eigenvalue weighted by Gasteiger charge is -2.25. The lowest BCUT2D eigenvalue weighted by molar-refractivity contribution is 0.0561. The number of hydrogen-bond donors (Lipinski definition) is 0. The maximum absolute atomic E-state index is 15.0. The van der Waals surface area contributed by atoms with E-state index >= 15 is 0 Å². The van der Waals surface area contributed by atoms with Gasteiger partial charge in [0.25, 0.3) is 0 Å². The molecule has 0 aliphatic carbocycles. The van der Waals surface area contributed by atoms with Crippen LogP contribution < -0.4 is 4.90 Å². The van der Waals surface area contributed by atoms with Gasteiger partial charge < -0.3 is 14.4 Å². The van der Waals surface area contributed by atoms with E-state index in [0.29, 0.717) is 30.1 Å². The SMILES string of the molecule is C[Si](C)(C)CCOCn1nc(N2C[C@@H](F)C[C@@H]2c2cc(F)ccc2F)c2cc(-c3cnn(COCc4ccccc4)c3)cnc21. The molecule has 6 rings (SSSR count). The molecule has 0 spiro atoms. The summed E-state index contributed by atoms with van der Waals surface area (Å²) in [5.74, 6) is -0.714. The second-order valence-electron chi connectivity index (χ2n) is 12.7. The molecule has 1 aliphatic rings. The van der Waals surface area contributed by atoms with Gasteiger partial charge in [-0.15, -0.1) is 0 Å². The van der Waals surface area contributed by atoms with Crippen LogP contribution in [0.2, 0.25) is 25.7 Å². The van der Waals surface area contributed by atoms with Gasteiger partial charge in [0.1, 0.15) is 31.3 Å². The highest BCUT2D eigenvalue weighted by molar-refractivity contribution is 6.76. The standard InChI is InChI=1S/C33H37F3N6O2Si/c1-45(2,3)12-11-43-22-42-32-29(33(39-42)41-19-27(35)15-31(41)28-14-26(34)9-10-30(28)36)13-24(16-37-32)25-17-38-40(18-25)21-44-20-23-7-5-4-6-8-23/h4-10,13-14,16-18,27,31H,11-12,15,19-22H2,1-3H3/t27-,31+/m0/s1. The molecule has 0 saturated carbocycles. The predicted octanol–water partition coefficient (Wildman–Crippen LogP) is 7.35. The van der Waals surface area contributed by atoms with Crippen LogP contribution in [0.1, 0.15) is 23.6 Å². The molecule has 12 heteroatoms. The van der Waals surface area contributed by atoms with Crippen molar-refractivity contribution in [3.8, 4) is 11.1 Å². The van der Waals surface area contributed by atoms with Gasteiger partial charge in [0.15, 0.2) is 11.5 Å². The van der Waals surface area contributed by atoms with Gasteiger partial charge in [-0.1, -0.05) is 50.0 Å². The minimum absolute atomic E-state index is 0.00979. The van der Waals surface area contributed by atoms with Crippen molar-refractivity contribution >= 4 is 24.9 Å². The number of alkyl halides is 1. The first-order valence-corrected chi connectivity index (χ1v) is 18.8. The monoisotopic (exact) mass is 634 g/mol. The molecule has 8 nitrogen and oxygen atoms in total. The second-order valence-corrected chi connectivity index (χ2v) is 18.3. The summed E-state index contributed by atoms with van der Waals surface area (Å²) in [6.45, 7) is 8.32. The topological polar surface area (TPSA) is 70.2 Å². The molecule has 4 heterocycles. The van der Waals surface area contributed by atoms with E-state index in [-0.39, 0.29) is 32.0 Å². The van der Waals surface area contributed by atoms with Crippen LogP contribution in [0, 0.1) is 11.6 Å². The first-order chi connectivity index (χ1) is 21.6. The Bertz CT molecular complexity index is 1760. The van der Waals surface area contributed by atoms with Crippen LogP contribution in [0.4, 0.5) is 19.0 Å². The molecule has 5 aromatic rings. The molecule has 0 unspecified atom stereocenters. The smallest absolute Gasteiger partial charge is 0.162 e. The number of halogens is 3. The maximum atomic E-state index is 15.0. The fourth-order valence-corrected chi connectivity index (χ4v) is 6.29. The van der Waals surface area contributed by atoms with Crippen molar-refractivity contribution in [2.75, 3.05) is 18.1 Å². The molecular formula is C33H37F3N6O2Si. The third kappa shape index (κ3) is 7.29. The molecule has 3 aromatic heterocycles. The van der Waals surface area contributed by atoms with E-state index in [1.165, 1.54) is 0 Å². The first-order valence-electron chi connectivity index (χ1n) is 15.1. The largest absolute Gasteiger partial charge is 0.359 e. The van der Waals surface area contributed by atoms with Crippen molar-refractivity contribution in [3.63, 3.8) is 0 Å². The summed E-state index contributed by atoms with van der Waals surface area (Å²) < 4.78 is 59.3. The summed E-state index contributed by atoms with van der Waals surface area (Å²) in [6.07, 6.45) is 4.12. The van der Waals surface area contributed by atoms with Crippen molar-refractivity contribution in [1.29, 1.82) is 0 Å². The Morgan fingerprint density at radius 3 is 2.58 bits per heavy atom. The zero-order valence-electron chi connectivity index (χ0n) is 25.7. The molecule has 0 N–H and O–H groups in total. The van der Waals surface area contributed by atoms with Crippen LogP contribution in [0.15, 0.2) is 73.2 Å². The van der Waals surface area contributed by atoms with Crippen LogP contribution in [-0.2, 0) is 29.5 Å². The van der Waals surface area contributed by atoms with E-state index in [4.69, 9.17) is 19.6 Å². The Balaban J connectivity index is 1.31. The van der Waals surface area contributed by atoms with Crippen LogP contribution in [0.25, 0.3) is 22.2 Å². The van der Waals surface area contributed by atoms with Gasteiger partial charge in [-0.25, -0.2) is 27.5 Å². The van der Waals surface area contributed by atoms with Crippen LogP contribution in [0.3, 0.4) is 0 Å². The zero-order chi connectivity index (χ0) is 31.6. The molecule has 0 amide bonds. The summed E-state index contributed by atoms with van der Waals surface area (Å²) in [5, 5.41) is 9.92. The fourth-order valence-electron chi connectivity index (χ4n) is 5.53. The Labute approximate surface area is 261 Å². The molecule has 0 radical (unpaired) electrons. The summed E-state index contributed by atoms with van der Waals surface area (Å²) in [6, 6.07) is 15.4. The number of fused-ring (bicyclic) bond motifs is 1. The summed E-state index contributed by atoms with van der Waals surface area (Å²) in [7, 11) is -1.30. The molecular weight excluding hydrogens is 597 g/mol. The van der Waals surface area contributed by atoms with Gasteiger partial charge in [0, 0.05) is 50.2 Å². The van der Waals surface area contributed by atoms with E-state index in [2.05, 4.69) is 24.7 Å². The molecule has 2 atom stereocenters. The van der Waals surface area contributed by atoms with E-state index in [1.807, 2.05) is 42.6 Å². The Morgan fingerprint density at radius 1 is 0.956 bits per heavy atom. The van der Waals surface area contributed by atoms with Crippen molar-refractivity contribution < 1.29 is 22.6 Å². The Morgan fingerprint density at radius 2 is 1.78 bits per heavy atom. The Hall–Kier alpha value is -4.00. The van der Waals surface area contributed by atoms with Gasteiger partial charge in [-0.05, 0) is 35.9 Å². The van der Waals surface area contributed by atoms with Crippen LogP contribution >= 0.6 is 0 Å². The van der Waals surface area contributed by atoms with E-state index < -0.39 is 31.9 Å². The average molecular weight is 635 g/mol. The lowest BCUT2D eigenvalue weighted by Crippen LogP contribution is -2.25. The van der Waals surface area contributed by atoms with E-state index in [0.717, 1.165) is 40.9 Å². The van der Waals surface area contributed by atoms with E-state index in [1.54, 1.807) is 26.7 Å². The number of benzene rings is 2. The zero-order valence-corrected chi connectivity index (χ0v) is 26.7. The predicted molar refractivity (Wildman–Crippen MR) is 170 cm³/mol. The van der Waals surface area contributed by atoms with Crippen LogP contribution in [-0.4, -0.2) is 51.9 Å². The maximum Gasteiger partial charge on any atom is 0.162 e. The fraction of sp³-hybridized carbons (Fsp3) is 0.364. The normalized spacial score (nSPS) is 17.1. The highest BCUT2D eigenvalue weighted by Crippen LogP contribution is 2.41. The summed E-state index contributed by atoms with van der Waals surface area (Å²) in [5.41, 5.74) is 3.32. The van der Waals surface area contributed by atoms with Gasteiger partial charge >= 0.3 is 0 Å². The Kier molecular flexibility index (Phi) is 9.06. The van der Waals surface area contributed by atoms with Gasteiger partial charge in [0.05, 0.1) is 30.8 Å². The molecule has 2 aromatic carbocycles. The summed E-state index contributed by atoms with van der Waals surface area (Å²) in [4.78, 5) is 6.46. The highest BCUT2D eigenvalue weighted by atomic mass is 28.3. The first kappa shape index (κ1) is 31.0. The van der Waals surface area contributed by atoms with Gasteiger partial charge in [0.2, 0.25) is 0 Å². The molecule has 0 bridgehead atoms. The second kappa shape index (κ2) is 13.2. The summed E-state index contributed by atoms with van der Waals surface area (Å²) >= 11 is 0. The lowest BCUT2D eigenvalue weighted by atomic mass is 10.0. The van der Waals surface area contributed by atoms with Gasteiger partial charge in [-0.2, -0.15) is 10.2 Å². The highest BCUT2D eigenvalue weighted by Gasteiger charge is 2.37. The number of pyridine rings is 1. The van der Waals surface area contributed by atoms with Crippen molar-refractivity contribution in [3.05, 3.63) is 95.9 Å². The van der Waals surface area contributed by atoms with Crippen molar-refractivity contribution in [2.24, 2.45) is 0 Å². The van der Waals surface area contributed by atoms with Crippen molar-refractivity contribution in [1.82, 2.24) is 24.5 Å². The van der Waals surface area contributed by atoms with Gasteiger partial charge in [-0.3, -0.25) is 0 Å². The molecule has 1 saturated heterocycles. The number of nitrogens with zero attached hydrogens (tertiary/aromatic N) is 6. The number of ether oxygens (including phenoxy) is 2. The number of aromatic nitrogens is 5. The molecule has 1 aliphatic heterocycles. The molecule has 1 fully saturated rings. The molecule has 236 valence electrons.